The van der Waals surface area contributed by atoms with Crippen LogP contribution in [-0.2, 0) is 9.53 Å². The number of rotatable bonds is 6. The molecule has 0 aromatic rings. The van der Waals surface area contributed by atoms with Gasteiger partial charge >= 0.3 is 5.97 Å². The van der Waals surface area contributed by atoms with Gasteiger partial charge in [-0.05, 0) is 20.3 Å². The Bertz CT molecular complexity index is 206. The molecular formula is C10H19NO2S. The zero-order chi connectivity index (χ0) is 11.1. The number of hydrogen-bond donors (Lipinski definition) is 2. The summed E-state index contributed by atoms with van der Waals surface area (Å²) in [6, 6.07) is 0. The molecule has 0 aliphatic rings. The monoisotopic (exact) mass is 217 g/mol. The highest BCUT2D eigenvalue weighted by atomic mass is 32.1. The van der Waals surface area contributed by atoms with Crippen molar-refractivity contribution in [3.63, 3.8) is 0 Å². The Balaban J connectivity index is 3.80. The van der Waals surface area contributed by atoms with Gasteiger partial charge < -0.3 is 4.74 Å². The van der Waals surface area contributed by atoms with Gasteiger partial charge in [0, 0.05) is 5.57 Å². The maximum absolute atomic E-state index is 11.1. The standard InChI is InChI=1S/C10H19NO2S/c1-5-6-9(14)11-8(4)13-10(12)7(2)3/h8-9,11,14H,2,5-6H2,1,3-4H3. The number of nitrogens with one attached hydrogen (secondary N) is 1. The first-order valence-electron chi connectivity index (χ1n) is 4.78. The molecule has 0 fully saturated rings. The van der Waals surface area contributed by atoms with E-state index < -0.39 is 0 Å². The van der Waals surface area contributed by atoms with Crippen molar-refractivity contribution in [3.05, 3.63) is 12.2 Å². The highest BCUT2D eigenvalue weighted by Crippen LogP contribution is 2.03. The van der Waals surface area contributed by atoms with E-state index in [4.69, 9.17) is 4.74 Å². The predicted molar refractivity (Wildman–Crippen MR) is 61.2 cm³/mol. The Kier molecular flexibility index (Phi) is 6.66. The fourth-order valence-electron chi connectivity index (χ4n) is 0.923. The van der Waals surface area contributed by atoms with E-state index in [0.29, 0.717) is 5.57 Å². The minimum atomic E-state index is -0.373. The van der Waals surface area contributed by atoms with Crippen LogP contribution in [0.25, 0.3) is 0 Å². The summed E-state index contributed by atoms with van der Waals surface area (Å²) in [7, 11) is 0. The van der Waals surface area contributed by atoms with Crippen LogP contribution in [0.3, 0.4) is 0 Å². The van der Waals surface area contributed by atoms with Crippen molar-refractivity contribution in [2.75, 3.05) is 0 Å². The van der Waals surface area contributed by atoms with Crippen LogP contribution in [0.5, 0.6) is 0 Å². The molecule has 2 unspecified atom stereocenters. The first-order valence-corrected chi connectivity index (χ1v) is 5.29. The summed E-state index contributed by atoms with van der Waals surface area (Å²) < 4.78 is 5.03. The fraction of sp³-hybridized carbons (Fsp3) is 0.700. The first-order chi connectivity index (χ1) is 6.47. The molecule has 0 radical (unpaired) electrons. The van der Waals surface area contributed by atoms with Gasteiger partial charge in [0.2, 0.25) is 0 Å². The third kappa shape index (κ3) is 6.05. The first kappa shape index (κ1) is 13.5. The number of esters is 1. The lowest BCUT2D eigenvalue weighted by Crippen LogP contribution is -2.36. The maximum Gasteiger partial charge on any atom is 0.334 e. The summed E-state index contributed by atoms with van der Waals surface area (Å²) in [5.74, 6) is -0.373. The van der Waals surface area contributed by atoms with Gasteiger partial charge in [-0.3, -0.25) is 5.32 Å². The van der Waals surface area contributed by atoms with E-state index in [0.717, 1.165) is 12.8 Å². The molecule has 0 saturated heterocycles. The lowest BCUT2D eigenvalue weighted by molar-refractivity contribution is -0.144. The van der Waals surface area contributed by atoms with Crippen molar-refractivity contribution in [1.29, 1.82) is 0 Å². The summed E-state index contributed by atoms with van der Waals surface area (Å²) in [5.41, 5.74) is 0.407. The van der Waals surface area contributed by atoms with Crippen LogP contribution in [0.15, 0.2) is 12.2 Å². The number of thiol groups is 1. The third-order valence-corrected chi connectivity index (χ3v) is 2.03. The molecule has 0 spiro atoms. The normalized spacial score (nSPS) is 14.6. The molecule has 0 heterocycles. The summed E-state index contributed by atoms with van der Waals surface area (Å²) >= 11 is 4.30. The number of ether oxygens (including phenoxy) is 1. The molecule has 0 rings (SSSR count). The molecule has 14 heavy (non-hydrogen) atoms. The van der Waals surface area contributed by atoms with E-state index in [2.05, 4.69) is 31.4 Å². The van der Waals surface area contributed by atoms with Gasteiger partial charge in [0.05, 0.1) is 5.37 Å². The average Bonchev–Trinajstić information content (AvgIpc) is 2.03. The number of hydrogen-bond acceptors (Lipinski definition) is 4. The average molecular weight is 217 g/mol. The number of carbonyl (C=O) groups is 1. The molecule has 0 aliphatic heterocycles. The molecule has 1 N–H and O–H groups in total. The Morgan fingerprint density at radius 3 is 2.64 bits per heavy atom. The van der Waals surface area contributed by atoms with Gasteiger partial charge in [-0.25, -0.2) is 4.79 Å². The second-order valence-electron chi connectivity index (χ2n) is 3.30. The highest BCUT2D eigenvalue weighted by Gasteiger charge is 2.11. The molecule has 3 nitrogen and oxygen atoms in total. The predicted octanol–water partition coefficient (Wildman–Crippen LogP) is 2.10. The fourth-order valence-corrected chi connectivity index (χ4v) is 1.39. The SMILES string of the molecule is C=C(C)C(=O)OC(C)NC(S)CCC. The van der Waals surface area contributed by atoms with Crippen LogP contribution >= 0.6 is 12.6 Å². The summed E-state index contributed by atoms with van der Waals surface area (Å²) in [6.45, 7) is 8.98. The quantitative estimate of drug-likeness (QED) is 0.310. The van der Waals surface area contributed by atoms with Gasteiger partial charge in [-0.15, -0.1) is 0 Å². The summed E-state index contributed by atoms with van der Waals surface area (Å²) in [4.78, 5) is 11.1. The molecule has 0 amide bonds. The van der Waals surface area contributed by atoms with E-state index in [1.54, 1.807) is 13.8 Å². The van der Waals surface area contributed by atoms with Crippen LogP contribution in [-0.4, -0.2) is 17.6 Å². The van der Waals surface area contributed by atoms with Crippen molar-refractivity contribution >= 4 is 18.6 Å². The largest absolute Gasteiger partial charge is 0.444 e. The zero-order valence-corrected chi connectivity index (χ0v) is 9.93. The van der Waals surface area contributed by atoms with E-state index in [1.165, 1.54) is 0 Å². The van der Waals surface area contributed by atoms with Crippen molar-refractivity contribution < 1.29 is 9.53 Å². The van der Waals surface area contributed by atoms with E-state index >= 15 is 0 Å². The molecule has 0 aliphatic carbocycles. The van der Waals surface area contributed by atoms with Crippen LogP contribution in [0.1, 0.15) is 33.6 Å². The van der Waals surface area contributed by atoms with Gasteiger partial charge in [-0.1, -0.05) is 19.9 Å². The van der Waals surface area contributed by atoms with Crippen LogP contribution in [0.4, 0.5) is 0 Å². The van der Waals surface area contributed by atoms with Crippen molar-refractivity contribution in [2.24, 2.45) is 0 Å². The molecule has 0 aromatic heterocycles. The van der Waals surface area contributed by atoms with Gasteiger partial charge in [-0.2, -0.15) is 12.6 Å². The Hall–Kier alpha value is -0.480. The second kappa shape index (κ2) is 6.90. The molecule has 82 valence electrons. The van der Waals surface area contributed by atoms with E-state index in [1.807, 2.05) is 0 Å². The maximum atomic E-state index is 11.1. The Morgan fingerprint density at radius 2 is 2.21 bits per heavy atom. The third-order valence-electron chi connectivity index (χ3n) is 1.62. The Labute approximate surface area is 91.3 Å². The van der Waals surface area contributed by atoms with Crippen LogP contribution in [0, 0.1) is 0 Å². The minimum absolute atomic E-state index is 0.0629. The van der Waals surface area contributed by atoms with Crippen LogP contribution in [0.2, 0.25) is 0 Å². The highest BCUT2D eigenvalue weighted by molar-refractivity contribution is 7.80. The van der Waals surface area contributed by atoms with Crippen LogP contribution < -0.4 is 5.32 Å². The zero-order valence-electron chi connectivity index (χ0n) is 9.04. The molecule has 0 aromatic carbocycles. The second-order valence-corrected chi connectivity index (χ2v) is 3.92. The smallest absolute Gasteiger partial charge is 0.334 e. The summed E-state index contributed by atoms with van der Waals surface area (Å²) in [5, 5.41) is 3.11. The van der Waals surface area contributed by atoms with Crippen molar-refractivity contribution in [1.82, 2.24) is 5.32 Å². The lowest BCUT2D eigenvalue weighted by Gasteiger charge is -2.19. The topological polar surface area (TPSA) is 38.3 Å². The van der Waals surface area contributed by atoms with Gasteiger partial charge in [0.1, 0.15) is 0 Å². The van der Waals surface area contributed by atoms with Crippen molar-refractivity contribution in [3.8, 4) is 0 Å². The van der Waals surface area contributed by atoms with E-state index in [9.17, 15) is 4.79 Å². The summed E-state index contributed by atoms with van der Waals surface area (Å²) in [6.07, 6.45) is 1.66. The molecule has 0 bridgehead atoms. The molecule has 2 atom stereocenters. The number of carbonyl (C=O) groups excluding carboxylic acids is 1. The molecule has 4 heteroatoms. The Morgan fingerprint density at radius 1 is 1.64 bits per heavy atom. The molecular weight excluding hydrogens is 198 g/mol. The van der Waals surface area contributed by atoms with Crippen molar-refractivity contribution in [2.45, 2.75) is 45.2 Å². The van der Waals surface area contributed by atoms with Gasteiger partial charge in [0.15, 0.2) is 6.23 Å². The minimum Gasteiger partial charge on any atom is -0.444 e. The molecule has 0 saturated carbocycles. The van der Waals surface area contributed by atoms with E-state index in [-0.39, 0.29) is 17.6 Å². The lowest BCUT2D eigenvalue weighted by atomic mass is 10.3. The van der Waals surface area contributed by atoms with Gasteiger partial charge in [0.25, 0.3) is 0 Å².